The Kier molecular flexibility index (Phi) is 4.97. The van der Waals surface area contributed by atoms with E-state index in [0.717, 1.165) is 10.8 Å². The number of hydrogen-bond donors (Lipinski definition) is 0. The largest absolute Gasteiger partial charge is 0.466 e. The van der Waals surface area contributed by atoms with Gasteiger partial charge in [0.25, 0.3) is 0 Å². The molecule has 0 amide bonds. The Morgan fingerprint density at radius 2 is 2.16 bits per heavy atom. The van der Waals surface area contributed by atoms with Crippen LogP contribution in [0.5, 0.6) is 0 Å². The molecule has 0 aliphatic rings. The third-order valence-corrected chi connectivity index (χ3v) is 3.34. The molecule has 0 saturated heterocycles. The molecule has 100 valence electrons. The standard InChI is InChI=1S/C13H15N3O2S/c1-2-18-12(17)8-9-19-13-15-14-10-16(13)11-6-4-3-5-7-11/h3-7,10H,2,8-9H2,1H3. The van der Waals surface area contributed by atoms with Gasteiger partial charge in [0.1, 0.15) is 6.33 Å². The zero-order valence-electron chi connectivity index (χ0n) is 10.7. The minimum Gasteiger partial charge on any atom is -0.466 e. The molecule has 0 N–H and O–H groups in total. The molecule has 2 rings (SSSR count). The van der Waals surface area contributed by atoms with Crippen LogP contribution in [0.2, 0.25) is 0 Å². The summed E-state index contributed by atoms with van der Waals surface area (Å²) in [5.41, 5.74) is 1.01. The number of rotatable bonds is 6. The zero-order chi connectivity index (χ0) is 13.5. The Bertz CT molecular complexity index is 528. The monoisotopic (exact) mass is 277 g/mol. The smallest absolute Gasteiger partial charge is 0.306 e. The van der Waals surface area contributed by atoms with Crippen LogP contribution in [0.4, 0.5) is 0 Å². The summed E-state index contributed by atoms with van der Waals surface area (Å²) in [5, 5.41) is 8.74. The van der Waals surface area contributed by atoms with E-state index in [2.05, 4.69) is 10.2 Å². The fourth-order valence-electron chi connectivity index (χ4n) is 1.55. The molecular formula is C13H15N3O2S. The third kappa shape index (κ3) is 3.82. The highest BCUT2D eigenvalue weighted by Gasteiger charge is 2.08. The van der Waals surface area contributed by atoms with Crippen LogP contribution in [0.15, 0.2) is 41.8 Å². The second kappa shape index (κ2) is 6.94. The summed E-state index contributed by atoms with van der Waals surface area (Å²) in [7, 11) is 0. The molecule has 19 heavy (non-hydrogen) atoms. The van der Waals surface area contributed by atoms with Gasteiger partial charge in [-0.05, 0) is 19.1 Å². The Morgan fingerprint density at radius 3 is 2.89 bits per heavy atom. The lowest BCUT2D eigenvalue weighted by molar-refractivity contribution is -0.142. The average Bonchev–Trinajstić information content (AvgIpc) is 2.88. The van der Waals surface area contributed by atoms with Gasteiger partial charge in [-0.1, -0.05) is 30.0 Å². The molecule has 0 aliphatic heterocycles. The first-order valence-electron chi connectivity index (χ1n) is 6.05. The van der Waals surface area contributed by atoms with Gasteiger partial charge in [0.15, 0.2) is 5.16 Å². The summed E-state index contributed by atoms with van der Waals surface area (Å²) >= 11 is 1.49. The van der Waals surface area contributed by atoms with Crippen molar-refractivity contribution in [1.29, 1.82) is 0 Å². The fourth-order valence-corrected chi connectivity index (χ4v) is 2.40. The SMILES string of the molecule is CCOC(=O)CCSc1nncn1-c1ccccc1. The number of ether oxygens (including phenoxy) is 1. The lowest BCUT2D eigenvalue weighted by Crippen LogP contribution is -2.05. The molecule has 6 heteroatoms. The maximum Gasteiger partial charge on any atom is 0.306 e. The van der Waals surface area contributed by atoms with Crippen molar-refractivity contribution in [2.75, 3.05) is 12.4 Å². The van der Waals surface area contributed by atoms with Gasteiger partial charge in [0.2, 0.25) is 0 Å². The highest BCUT2D eigenvalue weighted by molar-refractivity contribution is 7.99. The summed E-state index contributed by atoms with van der Waals surface area (Å²) in [4.78, 5) is 11.2. The number of benzene rings is 1. The van der Waals surface area contributed by atoms with Gasteiger partial charge in [-0.25, -0.2) is 0 Å². The van der Waals surface area contributed by atoms with Crippen LogP contribution in [0.25, 0.3) is 5.69 Å². The normalized spacial score (nSPS) is 10.4. The molecule has 1 heterocycles. The van der Waals surface area contributed by atoms with Crippen LogP contribution in [0.1, 0.15) is 13.3 Å². The Labute approximate surface area is 116 Å². The number of hydrogen-bond acceptors (Lipinski definition) is 5. The predicted octanol–water partition coefficient (Wildman–Crippen LogP) is 2.31. The van der Waals surface area contributed by atoms with E-state index in [1.807, 2.05) is 34.9 Å². The van der Waals surface area contributed by atoms with Crippen molar-refractivity contribution in [1.82, 2.24) is 14.8 Å². The number of aromatic nitrogens is 3. The van der Waals surface area contributed by atoms with Crippen LogP contribution in [0, 0.1) is 0 Å². The quantitative estimate of drug-likeness (QED) is 0.599. The second-order valence-electron chi connectivity index (χ2n) is 3.72. The first kappa shape index (κ1) is 13.6. The summed E-state index contributed by atoms with van der Waals surface area (Å²) in [6.07, 6.45) is 2.04. The van der Waals surface area contributed by atoms with Gasteiger partial charge in [-0.15, -0.1) is 10.2 Å². The van der Waals surface area contributed by atoms with Crippen LogP contribution < -0.4 is 0 Å². The van der Waals surface area contributed by atoms with E-state index in [1.165, 1.54) is 11.8 Å². The second-order valence-corrected chi connectivity index (χ2v) is 4.78. The van der Waals surface area contributed by atoms with E-state index in [-0.39, 0.29) is 5.97 Å². The first-order valence-corrected chi connectivity index (χ1v) is 7.03. The molecule has 0 radical (unpaired) electrons. The van der Waals surface area contributed by atoms with E-state index in [9.17, 15) is 4.79 Å². The van der Waals surface area contributed by atoms with E-state index in [0.29, 0.717) is 18.8 Å². The van der Waals surface area contributed by atoms with Gasteiger partial charge in [-0.2, -0.15) is 0 Å². The lowest BCUT2D eigenvalue weighted by atomic mass is 10.3. The lowest BCUT2D eigenvalue weighted by Gasteiger charge is -2.05. The van der Waals surface area contributed by atoms with E-state index < -0.39 is 0 Å². The predicted molar refractivity (Wildman–Crippen MR) is 73.3 cm³/mol. The molecule has 0 fully saturated rings. The first-order chi connectivity index (χ1) is 9.31. The minimum absolute atomic E-state index is 0.180. The van der Waals surface area contributed by atoms with Crippen molar-refractivity contribution in [2.24, 2.45) is 0 Å². The van der Waals surface area contributed by atoms with Crippen molar-refractivity contribution in [3.8, 4) is 5.69 Å². The molecule has 2 aromatic rings. The molecule has 0 saturated carbocycles. The Morgan fingerprint density at radius 1 is 1.37 bits per heavy atom. The number of thioether (sulfide) groups is 1. The minimum atomic E-state index is -0.180. The summed E-state index contributed by atoms with van der Waals surface area (Å²) < 4.78 is 6.78. The van der Waals surface area contributed by atoms with Gasteiger partial charge in [0, 0.05) is 11.4 Å². The molecular weight excluding hydrogens is 262 g/mol. The van der Waals surface area contributed by atoms with Crippen LogP contribution >= 0.6 is 11.8 Å². The molecule has 1 aromatic carbocycles. The van der Waals surface area contributed by atoms with Crippen molar-refractivity contribution < 1.29 is 9.53 Å². The molecule has 0 bridgehead atoms. The summed E-state index contributed by atoms with van der Waals surface area (Å²) in [6, 6.07) is 9.85. The molecule has 1 aromatic heterocycles. The van der Waals surface area contributed by atoms with Crippen LogP contribution in [-0.4, -0.2) is 33.1 Å². The Hall–Kier alpha value is -1.82. The zero-order valence-corrected chi connectivity index (χ0v) is 11.5. The number of nitrogens with zero attached hydrogens (tertiary/aromatic N) is 3. The Balaban J connectivity index is 1.95. The molecule has 0 spiro atoms. The number of esters is 1. The molecule has 0 unspecified atom stereocenters. The van der Waals surface area contributed by atoms with Gasteiger partial charge >= 0.3 is 5.97 Å². The highest BCUT2D eigenvalue weighted by atomic mass is 32.2. The third-order valence-electron chi connectivity index (χ3n) is 2.39. The number of carbonyl (C=O) groups is 1. The van der Waals surface area contributed by atoms with Crippen molar-refractivity contribution in [3.63, 3.8) is 0 Å². The maximum absolute atomic E-state index is 11.2. The molecule has 5 nitrogen and oxygen atoms in total. The average molecular weight is 277 g/mol. The topological polar surface area (TPSA) is 57.0 Å². The summed E-state index contributed by atoms with van der Waals surface area (Å²) in [5.74, 6) is 0.449. The van der Waals surface area contributed by atoms with E-state index in [1.54, 1.807) is 13.3 Å². The van der Waals surface area contributed by atoms with Crippen LogP contribution in [-0.2, 0) is 9.53 Å². The fraction of sp³-hybridized carbons (Fsp3) is 0.308. The van der Waals surface area contributed by atoms with E-state index in [4.69, 9.17) is 4.74 Å². The maximum atomic E-state index is 11.2. The molecule has 0 atom stereocenters. The number of para-hydroxylation sites is 1. The van der Waals surface area contributed by atoms with Crippen molar-refractivity contribution in [3.05, 3.63) is 36.7 Å². The highest BCUT2D eigenvalue weighted by Crippen LogP contribution is 2.19. The molecule has 0 aliphatic carbocycles. The van der Waals surface area contributed by atoms with Crippen molar-refractivity contribution >= 4 is 17.7 Å². The van der Waals surface area contributed by atoms with Gasteiger partial charge in [0.05, 0.1) is 13.0 Å². The van der Waals surface area contributed by atoms with E-state index >= 15 is 0 Å². The number of carbonyl (C=O) groups excluding carboxylic acids is 1. The van der Waals surface area contributed by atoms with Gasteiger partial charge in [-0.3, -0.25) is 9.36 Å². The van der Waals surface area contributed by atoms with Crippen molar-refractivity contribution in [2.45, 2.75) is 18.5 Å². The van der Waals surface area contributed by atoms with Gasteiger partial charge < -0.3 is 4.74 Å². The summed E-state index contributed by atoms with van der Waals surface area (Å²) in [6.45, 7) is 2.22. The van der Waals surface area contributed by atoms with Crippen LogP contribution in [0.3, 0.4) is 0 Å².